The van der Waals surface area contributed by atoms with Crippen LogP contribution in [0.4, 0.5) is 33.6 Å². The average Bonchev–Trinajstić information content (AvgIpc) is 3.35. The van der Waals surface area contributed by atoms with Crippen molar-refractivity contribution in [2.45, 2.75) is 58.2 Å². The van der Waals surface area contributed by atoms with Gasteiger partial charge in [-0.15, -0.1) is 0 Å². The Morgan fingerprint density at radius 2 is 1.85 bits per heavy atom. The van der Waals surface area contributed by atoms with Crippen LogP contribution in [0.15, 0.2) is 37.0 Å². The molecule has 1 saturated heterocycles. The molecule has 1 unspecified atom stereocenters. The number of nitrogens with one attached hydrogen (secondary N) is 1. The molecular formula is C28H28ClF5N6. The van der Waals surface area contributed by atoms with Gasteiger partial charge in [0.2, 0.25) is 5.95 Å². The second-order valence-corrected chi connectivity index (χ2v) is 10.6. The van der Waals surface area contributed by atoms with E-state index >= 15 is 0 Å². The Kier molecular flexibility index (Phi) is 7.14. The van der Waals surface area contributed by atoms with Gasteiger partial charge in [-0.3, -0.25) is 4.40 Å². The number of benzene rings is 1. The van der Waals surface area contributed by atoms with E-state index in [0.717, 1.165) is 17.3 Å². The molecule has 0 aliphatic carbocycles. The van der Waals surface area contributed by atoms with E-state index in [1.807, 2.05) is 26.8 Å². The molecule has 0 radical (unpaired) electrons. The Hall–Kier alpha value is -3.47. The number of aromatic nitrogens is 4. The van der Waals surface area contributed by atoms with Crippen LogP contribution in [0, 0.1) is 6.92 Å². The molecule has 6 nitrogen and oxygen atoms in total. The van der Waals surface area contributed by atoms with Crippen molar-refractivity contribution in [2.24, 2.45) is 0 Å². The van der Waals surface area contributed by atoms with Crippen LogP contribution < -0.4 is 10.2 Å². The lowest BCUT2D eigenvalue weighted by molar-refractivity contribution is -0.140. The molecule has 12 heteroatoms. The molecule has 1 fully saturated rings. The van der Waals surface area contributed by atoms with E-state index < -0.39 is 30.6 Å². The van der Waals surface area contributed by atoms with Crippen LogP contribution in [0.1, 0.15) is 61.7 Å². The minimum Gasteiger partial charge on any atom is -0.377 e. The van der Waals surface area contributed by atoms with Crippen molar-refractivity contribution in [2.75, 3.05) is 23.3 Å². The molecule has 0 amide bonds. The fourth-order valence-electron chi connectivity index (χ4n) is 5.00. The Balaban J connectivity index is 1.68. The van der Waals surface area contributed by atoms with Crippen LogP contribution in [0.2, 0.25) is 5.15 Å². The summed E-state index contributed by atoms with van der Waals surface area (Å²) in [7, 11) is 0. The van der Waals surface area contributed by atoms with Gasteiger partial charge in [0.15, 0.2) is 5.69 Å². The first kappa shape index (κ1) is 28.1. The van der Waals surface area contributed by atoms with Gasteiger partial charge in [-0.2, -0.15) is 13.2 Å². The van der Waals surface area contributed by atoms with Crippen LogP contribution in [-0.4, -0.2) is 38.4 Å². The first-order valence-electron chi connectivity index (χ1n) is 12.9. The Morgan fingerprint density at radius 1 is 1.15 bits per heavy atom. The van der Waals surface area contributed by atoms with E-state index in [4.69, 9.17) is 16.6 Å². The summed E-state index contributed by atoms with van der Waals surface area (Å²) in [5.74, 6) is -2.68. The molecule has 5 rings (SSSR count). The molecule has 0 bridgehead atoms. The highest BCUT2D eigenvalue weighted by atomic mass is 35.5. The molecular weight excluding hydrogens is 551 g/mol. The fourth-order valence-corrected chi connectivity index (χ4v) is 5.15. The van der Waals surface area contributed by atoms with Gasteiger partial charge >= 0.3 is 6.18 Å². The second kappa shape index (κ2) is 10.2. The molecule has 1 N–H and O–H groups in total. The average molecular weight is 579 g/mol. The normalized spacial score (nSPS) is 16.5. The highest BCUT2D eigenvalue weighted by Gasteiger charge is 2.37. The number of pyridine rings is 1. The number of alkyl halides is 5. The third-order valence-electron chi connectivity index (χ3n) is 7.19. The van der Waals surface area contributed by atoms with Crippen molar-refractivity contribution in [1.29, 1.82) is 0 Å². The van der Waals surface area contributed by atoms with Crippen LogP contribution >= 0.6 is 11.6 Å². The van der Waals surface area contributed by atoms with E-state index in [2.05, 4.69) is 21.9 Å². The van der Waals surface area contributed by atoms with Gasteiger partial charge in [0.25, 0.3) is 5.92 Å². The van der Waals surface area contributed by atoms with E-state index in [1.54, 1.807) is 23.1 Å². The first-order chi connectivity index (χ1) is 18.8. The van der Waals surface area contributed by atoms with Gasteiger partial charge in [0, 0.05) is 43.1 Å². The van der Waals surface area contributed by atoms with Crippen molar-refractivity contribution >= 4 is 45.4 Å². The number of halogens is 6. The van der Waals surface area contributed by atoms with Crippen molar-refractivity contribution in [3.05, 3.63) is 64.7 Å². The summed E-state index contributed by atoms with van der Waals surface area (Å²) < 4.78 is 70.4. The lowest BCUT2D eigenvalue weighted by atomic mass is 10.00. The Bertz CT molecular complexity index is 1600. The summed E-state index contributed by atoms with van der Waals surface area (Å²) in [6.07, 6.45) is -3.98. The molecule has 4 aromatic rings. The van der Waals surface area contributed by atoms with Gasteiger partial charge in [-0.25, -0.2) is 23.7 Å². The molecule has 0 saturated carbocycles. The molecule has 3 aromatic heterocycles. The van der Waals surface area contributed by atoms with Crippen molar-refractivity contribution in [1.82, 2.24) is 19.4 Å². The lowest BCUT2D eigenvalue weighted by Gasteiger charge is -2.33. The predicted octanol–water partition coefficient (Wildman–Crippen LogP) is 8.09. The lowest BCUT2D eigenvalue weighted by Crippen LogP contribution is -2.40. The smallest absolute Gasteiger partial charge is 0.377 e. The maximum atomic E-state index is 13.9. The van der Waals surface area contributed by atoms with E-state index in [-0.39, 0.29) is 30.7 Å². The van der Waals surface area contributed by atoms with Gasteiger partial charge in [-0.05, 0) is 49.6 Å². The number of aryl methyl sites for hydroxylation is 1. The zero-order chi connectivity index (χ0) is 29.0. The first-order valence-corrected chi connectivity index (χ1v) is 13.3. The number of fused-ring (bicyclic) bond motifs is 3. The topological polar surface area (TPSA) is 58.4 Å². The number of rotatable bonds is 6. The van der Waals surface area contributed by atoms with Crippen LogP contribution in [0.25, 0.3) is 22.1 Å². The summed E-state index contributed by atoms with van der Waals surface area (Å²) in [5, 5.41) is 4.19. The number of nitrogens with zero attached hydrogens (tertiary/aromatic N) is 5. The molecule has 40 heavy (non-hydrogen) atoms. The molecule has 0 spiro atoms. The summed E-state index contributed by atoms with van der Waals surface area (Å²) in [4.78, 5) is 14.8. The SMILES string of the molecule is C=C(CC)c1nc(Cl)ccc1NC(C)c1cc(C)cc2c1nc(N1CCC(F)(F)CC1)n1cc(C(F)(F)F)nc21. The summed E-state index contributed by atoms with van der Waals surface area (Å²) >= 11 is 6.14. The predicted molar refractivity (Wildman–Crippen MR) is 147 cm³/mol. The molecule has 212 valence electrons. The Labute approximate surface area is 232 Å². The molecule has 1 aliphatic rings. The zero-order valence-electron chi connectivity index (χ0n) is 22.2. The largest absolute Gasteiger partial charge is 0.434 e. The van der Waals surface area contributed by atoms with Gasteiger partial charge < -0.3 is 10.2 Å². The van der Waals surface area contributed by atoms with Crippen molar-refractivity contribution in [3.8, 4) is 0 Å². The second-order valence-electron chi connectivity index (χ2n) is 10.2. The number of allylic oxidation sites excluding steroid dienone is 1. The van der Waals surface area contributed by atoms with Crippen LogP contribution in [0.3, 0.4) is 0 Å². The van der Waals surface area contributed by atoms with Gasteiger partial charge in [-0.1, -0.05) is 31.2 Å². The van der Waals surface area contributed by atoms with Crippen LogP contribution in [0.5, 0.6) is 0 Å². The minimum absolute atomic E-state index is 0.0476. The molecule has 1 atom stereocenters. The maximum Gasteiger partial charge on any atom is 0.434 e. The maximum absolute atomic E-state index is 13.9. The quantitative estimate of drug-likeness (QED) is 0.185. The van der Waals surface area contributed by atoms with Crippen molar-refractivity contribution in [3.63, 3.8) is 0 Å². The van der Waals surface area contributed by atoms with E-state index in [9.17, 15) is 22.0 Å². The van der Waals surface area contributed by atoms with Crippen LogP contribution in [-0.2, 0) is 6.18 Å². The van der Waals surface area contributed by atoms with Gasteiger partial charge in [0.05, 0.1) is 22.9 Å². The van der Waals surface area contributed by atoms with E-state index in [0.29, 0.717) is 39.4 Å². The van der Waals surface area contributed by atoms with Crippen molar-refractivity contribution < 1.29 is 22.0 Å². The molecule has 4 heterocycles. The number of hydrogen-bond donors (Lipinski definition) is 1. The van der Waals surface area contributed by atoms with E-state index in [1.165, 1.54) is 4.40 Å². The number of anilines is 2. The third-order valence-corrected chi connectivity index (χ3v) is 7.40. The summed E-state index contributed by atoms with van der Waals surface area (Å²) in [5.41, 5.74) is 3.03. The highest BCUT2D eigenvalue weighted by molar-refractivity contribution is 6.29. The molecule has 1 aliphatic heterocycles. The summed E-state index contributed by atoms with van der Waals surface area (Å²) in [6.45, 7) is 9.69. The minimum atomic E-state index is -4.69. The zero-order valence-corrected chi connectivity index (χ0v) is 23.0. The number of piperidine rings is 1. The fraction of sp³-hybridized carbons (Fsp3) is 0.393. The Morgan fingerprint density at radius 3 is 2.50 bits per heavy atom. The monoisotopic (exact) mass is 578 g/mol. The highest BCUT2D eigenvalue weighted by Crippen LogP contribution is 2.37. The van der Waals surface area contributed by atoms with Gasteiger partial charge in [0.1, 0.15) is 10.8 Å². The number of imidazole rings is 1. The third kappa shape index (κ3) is 5.31. The number of hydrogen-bond acceptors (Lipinski definition) is 5. The standard InChI is InChI=1S/C28H28ClF5N6/c1-5-16(3)23-20(6-7-22(29)37-23)35-17(4)18-12-15(2)13-19-24(18)38-26(39-10-8-27(30,31)9-11-39)40-14-21(28(32,33)34)36-25(19)40/h6-7,12-14,17,35H,3,5,8-11H2,1-2,4H3. The summed E-state index contributed by atoms with van der Waals surface area (Å²) in [6, 6.07) is 6.73. The molecule has 1 aromatic carbocycles.